The van der Waals surface area contributed by atoms with Crippen LogP contribution in [-0.2, 0) is 79.0 Å². The maximum atomic E-state index is 7.25. The Morgan fingerprint density at radius 3 is 0.538 bits per heavy atom. The minimum atomic E-state index is 0. The van der Waals surface area contributed by atoms with Gasteiger partial charge in [0.2, 0.25) is 0 Å². The number of halogens is 5. The Hall–Kier alpha value is 3.44. The standard InChI is InChI=1S/5ClS.NO.Os/c6*1-2;/q6*-1;+6. The third kappa shape index (κ3) is 236. The predicted molar refractivity (Wildman–Crippen MR) is 72.8 cm³/mol. The summed E-state index contributed by atoms with van der Waals surface area (Å²) in [5, 5.41) is 0. The van der Waals surface area contributed by atoms with E-state index in [1.54, 1.807) is 0 Å². The zero-order valence-corrected chi connectivity index (χ0v) is 15.5. The van der Waals surface area contributed by atoms with Gasteiger partial charge < -0.3 is 123 Å². The van der Waals surface area contributed by atoms with Gasteiger partial charge in [-0.25, -0.2) is 0 Å². The first kappa shape index (κ1) is 44.0. The van der Waals surface area contributed by atoms with Crippen LogP contribution in [0.4, 0.5) is 0 Å². The van der Waals surface area contributed by atoms with Gasteiger partial charge in [-0.05, 0) is 0 Å². The fraction of sp³-hybridized carbons (Fsp3) is 0. The van der Waals surface area contributed by atoms with Crippen LogP contribution < -0.4 is 0 Å². The molecule has 0 saturated carbocycles. The van der Waals surface area contributed by atoms with Crippen molar-refractivity contribution in [2.75, 3.05) is 0 Å². The molecule has 0 spiro atoms. The Morgan fingerprint density at radius 2 is 0.538 bits per heavy atom. The molecule has 13 heavy (non-hydrogen) atoms. The van der Waals surface area contributed by atoms with Gasteiger partial charge in [-0.2, -0.15) is 0 Å². The molecule has 0 aliphatic heterocycles. The van der Waals surface area contributed by atoms with Gasteiger partial charge in [0.05, 0.1) is 0 Å². The summed E-state index contributed by atoms with van der Waals surface area (Å²) in [7, 11) is 21.1. The van der Waals surface area contributed by atoms with E-state index in [0.29, 0.717) is 0 Å². The molecule has 0 aromatic heterocycles. The van der Waals surface area contributed by atoms with Crippen molar-refractivity contribution in [3.8, 4) is 0 Å². The van der Waals surface area contributed by atoms with Crippen LogP contribution in [0.15, 0.2) is 0 Å². The summed E-state index contributed by atoms with van der Waals surface area (Å²) in [5.41, 5.74) is 5.75. The fourth-order valence-electron chi connectivity index (χ4n) is 0. The van der Waals surface area contributed by atoms with Crippen molar-refractivity contribution in [2.24, 2.45) is 0 Å². The Balaban J connectivity index is -0.00000000655. The number of hydrogen-bond acceptors (Lipinski definition) is 6. The minimum Gasteiger partial charge on any atom is -0.680 e. The van der Waals surface area contributed by atoms with Crippen LogP contribution in [0.5, 0.6) is 0 Å². The number of hydrogen-bond donors (Lipinski definition) is 0. The van der Waals surface area contributed by atoms with Crippen LogP contribution in [-0.4, -0.2) is 0 Å². The zero-order chi connectivity index (χ0) is 12.0. The second-order valence-corrected chi connectivity index (χ2v) is 0. The average Bonchev–Trinajstić information content (AvgIpc) is 2.33. The summed E-state index contributed by atoms with van der Waals surface area (Å²) >= 11 is 17.8. The van der Waals surface area contributed by atoms with E-state index < -0.39 is 0 Å². The van der Waals surface area contributed by atoms with E-state index in [1.165, 1.54) is 0 Å². The first-order valence-corrected chi connectivity index (χ1v) is 7.13. The molecular formula is Cl5NOOsS5. The van der Waals surface area contributed by atoms with E-state index in [4.69, 9.17) is 10.5 Å². The molecule has 0 radical (unpaired) electrons. The molecule has 0 aromatic rings. The van der Waals surface area contributed by atoms with Crippen LogP contribution in [0, 0.1) is 4.91 Å². The number of rotatable bonds is 0. The third-order valence-corrected chi connectivity index (χ3v) is 0. The van der Waals surface area contributed by atoms with Gasteiger partial charge in [0.1, 0.15) is 0 Å². The van der Waals surface area contributed by atoms with Gasteiger partial charge in [0.25, 0.3) is 0 Å². The first-order valence-electron chi connectivity index (χ1n) is 0.954. The van der Waals surface area contributed by atoms with Crippen LogP contribution in [0.2, 0.25) is 0 Å². The second-order valence-electron chi connectivity index (χ2n) is 0. The zero-order valence-electron chi connectivity index (χ0n) is 5.14. The number of nitroso groups, excluding NO2 is 1. The minimum absolute atomic E-state index is 0. The number of nitrogens with zero attached hydrogens (tertiary/aromatic N) is 1. The van der Waals surface area contributed by atoms with Gasteiger partial charge in [-0.3, -0.25) is 0 Å². The maximum absolute atomic E-state index is 7.25. The molecule has 0 aliphatic rings. The van der Waals surface area contributed by atoms with Gasteiger partial charge in [0.15, 0.2) is 0 Å². The van der Waals surface area contributed by atoms with Crippen molar-refractivity contribution < 1.29 is 19.8 Å². The average molecular weight is 558 g/mol. The molecule has 0 rings (SSSR count). The molecule has 0 unspecified atom stereocenters. The van der Waals surface area contributed by atoms with Crippen molar-refractivity contribution in [1.82, 2.24) is 0 Å². The Kier molecular flexibility index (Phi) is 922. The van der Waals surface area contributed by atoms with Crippen molar-refractivity contribution >= 4 is 113 Å². The van der Waals surface area contributed by atoms with Crippen molar-refractivity contribution in [3.05, 3.63) is 10.5 Å². The molecule has 0 saturated heterocycles. The van der Waals surface area contributed by atoms with Crippen molar-refractivity contribution in [3.63, 3.8) is 0 Å². The first-order chi connectivity index (χ1) is 6.00. The summed E-state index contributed by atoms with van der Waals surface area (Å²) in [6.07, 6.45) is 0. The molecule has 0 atom stereocenters. The van der Waals surface area contributed by atoms with Gasteiger partial charge in [-0.1, -0.05) is 0 Å². The van der Waals surface area contributed by atoms with E-state index in [2.05, 4.69) is 113 Å². The van der Waals surface area contributed by atoms with Crippen LogP contribution in [0.1, 0.15) is 0 Å². The molecule has 0 fully saturated rings. The normalized spacial score (nSPS) is 2.62. The summed E-state index contributed by atoms with van der Waals surface area (Å²) in [4.78, 5) is 7.25. The molecule has 2 nitrogen and oxygen atoms in total. The Labute approximate surface area is 141 Å². The van der Waals surface area contributed by atoms with Gasteiger partial charge in [0, 0.05) is 0 Å². The van der Waals surface area contributed by atoms with E-state index in [0.717, 1.165) is 0 Å². The molecule has 0 heterocycles. The maximum Gasteiger partial charge on any atom is 6.00 e. The quantitative estimate of drug-likeness (QED) is 0.423. The fourth-order valence-corrected chi connectivity index (χ4v) is 0. The molecule has 84 valence electrons. The van der Waals surface area contributed by atoms with Crippen molar-refractivity contribution in [2.45, 2.75) is 0 Å². The van der Waals surface area contributed by atoms with E-state index in [1.807, 2.05) is 0 Å². The molecule has 0 N–H and O–H groups in total. The molecule has 0 aliphatic carbocycles. The van der Waals surface area contributed by atoms with E-state index >= 15 is 0 Å². The third-order valence-electron chi connectivity index (χ3n) is 0. The summed E-state index contributed by atoms with van der Waals surface area (Å²) < 4.78 is 0. The van der Waals surface area contributed by atoms with Crippen LogP contribution in [0.25, 0.3) is 5.59 Å². The van der Waals surface area contributed by atoms with E-state index in [9.17, 15) is 0 Å². The molecule has 13 heteroatoms. The molecule has 0 amide bonds. The van der Waals surface area contributed by atoms with Gasteiger partial charge in [-0.15, -0.1) is 0 Å². The van der Waals surface area contributed by atoms with Crippen LogP contribution >= 0.6 is 53.4 Å². The second kappa shape index (κ2) is 272. The Bertz CT molecular complexity index is 24.9. The molecule has 0 bridgehead atoms. The van der Waals surface area contributed by atoms with Crippen LogP contribution in [0.3, 0.4) is 0 Å². The summed E-state index contributed by atoms with van der Waals surface area (Å²) in [6.45, 7) is 0. The Morgan fingerprint density at radius 1 is 0.538 bits per heavy atom. The van der Waals surface area contributed by atoms with Crippen molar-refractivity contribution in [1.29, 1.82) is 0 Å². The monoisotopic (exact) mass is 557 g/mol. The van der Waals surface area contributed by atoms with Gasteiger partial charge >= 0.3 is 19.8 Å². The summed E-state index contributed by atoms with van der Waals surface area (Å²) in [5.74, 6) is 0. The summed E-state index contributed by atoms with van der Waals surface area (Å²) in [6, 6.07) is 0. The van der Waals surface area contributed by atoms with E-state index in [-0.39, 0.29) is 19.8 Å². The molecule has 0 aromatic carbocycles. The predicted octanol–water partition coefficient (Wildman–Crippen LogP) is 3.76. The molecular weight excluding hydrogens is 558 g/mol. The SMILES string of the molecule is [N-]=O.[Os+6].[S-]Cl.[S-]Cl.[S-]Cl.[S-]Cl.[S-]Cl. The topological polar surface area (TPSA) is 39.4 Å². The smallest absolute Gasteiger partial charge is 0.680 e. The largest absolute Gasteiger partial charge is 6.00 e.